The molecule has 0 aromatic heterocycles. The third-order valence-corrected chi connectivity index (χ3v) is 7.85. The van der Waals surface area contributed by atoms with Crippen molar-refractivity contribution in [1.29, 1.82) is 0 Å². The van der Waals surface area contributed by atoms with Gasteiger partial charge >= 0.3 is 0 Å². The van der Waals surface area contributed by atoms with E-state index in [4.69, 9.17) is 4.74 Å². The largest absolute Gasteiger partial charge is 0.492 e. The number of para-hydroxylation sites is 1. The van der Waals surface area contributed by atoms with E-state index < -0.39 is 5.60 Å². The van der Waals surface area contributed by atoms with Gasteiger partial charge in [-0.25, -0.2) is 0 Å². The van der Waals surface area contributed by atoms with Crippen molar-refractivity contribution in [1.82, 2.24) is 14.7 Å². The molecule has 1 N–H and O–H groups in total. The summed E-state index contributed by atoms with van der Waals surface area (Å²) in [5, 5.41) is 11.3. The van der Waals surface area contributed by atoms with Crippen LogP contribution < -0.4 is 9.64 Å². The Labute approximate surface area is 211 Å². The fraction of sp³-hybridized carbons (Fsp3) is 0.586. The molecular formula is C29H42N4O2. The Hall–Kier alpha value is -2.12. The summed E-state index contributed by atoms with van der Waals surface area (Å²) >= 11 is 0. The smallest absolute Gasteiger partial charge is 0.119 e. The molecule has 0 bridgehead atoms. The van der Waals surface area contributed by atoms with Crippen LogP contribution in [0, 0.1) is 0 Å². The molecule has 190 valence electrons. The zero-order chi connectivity index (χ0) is 23.9. The van der Waals surface area contributed by atoms with E-state index in [1.807, 2.05) is 0 Å². The van der Waals surface area contributed by atoms with Gasteiger partial charge in [-0.15, -0.1) is 0 Å². The highest BCUT2D eigenvalue weighted by Gasteiger charge is 2.38. The molecule has 3 heterocycles. The second-order valence-electron chi connectivity index (χ2n) is 10.7. The van der Waals surface area contributed by atoms with Crippen molar-refractivity contribution < 1.29 is 9.84 Å². The number of piperazine rings is 1. The maximum Gasteiger partial charge on any atom is 0.119 e. The maximum absolute atomic E-state index is 11.3. The molecule has 0 spiro atoms. The summed E-state index contributed by atoms with van der Waals surface area (Å²) in [6.45, 7) is 11.6. The first-order valence-corrected chi connectivity index (χ1v) is 13.6. The number of hydrogen-bond donors (Lipinski definition) is 1. The lowest BCUT2D eigenvalue weighted by Crippen LogP contribution is -2.52. The Morgan fingerprint density at radius 3 is 2.37 bits per heavy atom. The van der Waals surface area contributed by atoms with Crippen molar-refractivity contribution in [3.8, 4) is 5.75 Å². The number of likely N-dealkylation sites (tertiary alicyclic amines) is 2. The van der Waals surface area contributed by atoms with Gasteiger partial charge in [0.05, 0.1) is 5.60 Å². The molecule has 3 aliphatic heterocycles. The molecular weight excluding hydrogens is 436 g/mol. The molecule has 2 aromatic carbocycles. The highest BCUT2D eigenvalue weighted by atomic mass is 16.5. The van der Waals surface area contributed by atoms with E-state index in [0.29, 0.717) is 0 Å². The minimum Gasteiger partial charge on any atom is -0.492 e. The van der Waals surface area contributed by atoms with Crippen molar-refractivity contribution in [3.05, 3.63) is 60.2 Å². The maximum atomic E-state index is 11.3. The van der Waals surface area contributed by atoms with Crippen molar-refractivity contribution in [3.63, 3.8) is 0 Å². The number of ether oxygens (including phenoxy) is 1. The topological polar surface area (TPSA) is 42.4 Å². The third kappa shape index (κ3) is 6.98. The first-order chi connectivity index (χ1) is 17.2. The van der Waals surface area contributed by atoms with E-state index in [2.05, 4.69) is 74.2 Å². The first kappa shape index (κ1) is 24.6. The second kappa shape index (κ2) is 11.7. The molecule has 2 aromatic rings. The van der Waals surface area contributed by atoms with Crippen molar-refractivity contribution >= 4 is 5.69 Å². The number of β-amino-alcohol motifs (C(OH)–C–C–N with tert-alkyl or cyclic N) is 1. The average molecular weight is 479 g/mol. The number of nitrogens with zero attached hydrogens (tertiary/aromatic N) is 4. The van der Waals surface area contributed by atoms with Crippen LogP contribution in [0.5, 0.6) is 5.75 Å². The van der Waals surface area contributed by atoms with E-state index in [-0.39, 0.29) is 0 Å². The van der Waals surface area contributed by atoms with Gasteiger partial charge in [0, 0.05) is 64.6 Å². The fourth-order valence-electron chi connectivity index (χ4n) is 5.89. The molecule has 35 heavy (non-hydrogen) atoms. The molecule has 0 unspecified atom stereocenters. The van der Waals surface area contributed by atoms with Crippen LogP contribution in [0.3, 0.4) is 0 Å². The quantitative estimate of drug-likeness (QED) is 0.597. The predicted molar refractivity (Wildman–Crippen MR) is 142 cm³/mol. The Morgan fingerprint density at radius 1 is 0.771 bits per heavy atom. The highest BCUT2D eigenvalue weighted by molar-refractivity contribution is 5.46. The predicted octanol–water partition coefficient (Wildman–Crippen LogP) is 3.31. The zero-order valence-corrected chi connectivity index (χ0v) is 21.2. The van der Waals surface area contributed by atoms with Crippen LogP contribution >= 0.6 is 0 Å². The van der Waals surface area contributed by atoms with E-state index in [1.54, 1.807) is 0 Å². The van der Waals surface area contributed by atoms with Crippen molar-refractivity contribution in [2.24, 2.45) is 0 Å². The van der Waals surface area contributed by atoms with Gasteiger partial charge in [-0.05, 0) is 62.2 Å². The first-order valence-electron chi connectivity index (χ1n) is 13.6. The lowest BCUT2D eigenvalue weighted by molar-refractivity contribution is 0.00978. The van der Waals surface area contributed by atoms with Crippen LogP contribution in [0.15, 0.2) is 54.6 Å². The Kier molecular flexibility index (Phi) is 8.24. The molecule has 3 aliphatic rings. The van der Waals surface area contributed by atoms with E-state index in [9.17, 15) is 5.11 Å². The van der Waals surface area contributed by atoms with Gasteiger partial charge in [-0.1, -0.05) is 36.8 Å². The number of rotatable bonds is 9. The van der Waals surface area contributed by atoms with Gasteiger partial charge in [0.15, 0.2) is 0 Å². The standard InChI is InChI=1S/C29H42N4O2/c34-29(24-31-16-18-33(19-17-31)27-9-3-1-4-10-27)12-15-32(25-29)23-26-8-7-11-28(22-26)35-21-20-30-13-5-2-6-14-30/h1,3-4,7-11,22,34H,2,5-6,12-21,23-25H2/t29-/m1/s1. The van der Waals surface area contributed by atoms with E-state index in [1.165, 1.54) is 43.6 Å². The zero-order valence-electron chi connectivity index (χ0n) is 21.2. The molecule has 0 radical (unpaired) electrons. The van der Waals surface area contributed by atoms with Crippen LogP contribution in [0.1, 0.15) is 31.2 Å². The molecule has 3 saturated heterocycles. The third-order valence-electron chi connectivity index (χ3n) is 7.85. The van der Waals surface area contributed by atoms with E-state index in [0.717, 1.165) is 77.7 Å². The molecule has 0 amide bonds. The van der Waals surface area contributed by atoms with Crippen LogP contribution in [-0.2, 0) is 6.54 Å². The van der Waals surface area contributed by atoms with Crippen LogP contribution in [0.25, 0.3) is 0 Å². The molecule has 0 aliphatic carbocycles. The second-order valence-corrected chi connectivity index (χ2v) is 10.7. The number of hydrogen-bond acceptors (Lipinski definition) is 6. The van der Waals surface area contributed by atoms with Crippen molar-refractivity contribution in [2.45, 2.75) is 37.8 Å². The summed E-state index contributed by atoms with van der Waals surface area (Å²) in [4.78, 5) is 9.80. The Bertz CT molecular complexity index is 912. The molecule has 6 nitrogen and oxygen atoms in total. The summed E-state index contributed by atoms with van der Waals surface area (Å²) in [5.74, 6) is 0.963. The normalized spacial score (nSPS) is 24.7. The van der Waals surface area contributed by atoms with Gasteiger partial charge < -0.3 is 14.7 Å². The fourth-order valence-corrected chi connectivity index (χ4v) is 5.89. The minimum absolute atomic E-state index is 0.614. The SMILES string of the molecule is O[C@@]1(CN2CCN(c3ccccc3)CC2)CCN(Cc2cccc(OCCN3CCCCC3)c2)C1. The summed E-state index contributed by atoms with van der Waals surface area (Å²) in [6, 6.07) is 19.2. The van der Waals surface area contributed by atoms with E-state index >= 15 is 0 Å². The number of benzene rings is 2. The van der Waals surface area contributed by atoms with Gasteiger partial charge in [0.2, 0.25) is 0 Å². The highest BCUT2D eigenvalue weighted by Crippen LogP contribution is 2.26. The van der Waals surface area contributed by atoms with Gasteiger partial charge in [-0.2, -0.15) is 0 Å². The summed E-state index contributed by atoms with van der Waals surface area (Å²) in [6.07, 6.45) is 4.86. The van der Waals surface area contributed by atoms with Crippen LogP contribution in [0.2, 0.25) is 0 Å². The van der Waals surface area contributed by atoms with Gasteiger partial charge in [0.1, 0.15) is 12.4 Å². The van der Waals surface area contributed by atoms with Crippen LogP contribution in [-0.4, -0.2) is 97.5 Å². The summed E-state index contributed by atoms with van der Waals surface area (Å²) in [5.41, 5.74) is 1.95. The van der Waals surface area contributed by atoms with Crippen molar-refractivity contribution in [2.75, 3.05) is 77.0 Å². The average Bonchev–Trinajstić information content (AvgIpc) is 3.25. The lowest BCUT2D eigenvalue weighted by Gasteiger charge is -2.39. The van der Waals surface area contributed by atoms with Gasteiger partial charge in [0.25, 0.3) is 0 Å². The number of aliphatic hydroxyl groups is 1. The molecule has 5 rings (SSSR count). The molecule has 3 fully saturated rings. The minimum atomic E-state index is -0.614. The van der Waals surface area contributed by atoms with Crippen LogP contribution in [0.4, 0.5) is 5.69 Å². The monoisotopic (exact) mass is 478 g/mol. The summed E-state index contributed by atoms with van der Waals surface area (Å²) < 4.78 is 6.08. The molecule has 6 heteroatoms. The molecule has 1 atom stereocenters. The lowest BCUT2D eigenvalue weighted by atomic mass is 10.0. The number of anilines is 1. The Balaban J connectivity index is 1.05. The Morgan fingerprint density at radius 2 is 1.57 bits per heavy atom. The number of piperidine rings is 1. The summed E-state index contributed by atoms with van der Waals surface area (Å²) in [7, 11) is 0. The molecule has 0 saturated carbocycles. The van der Waals surface area contributed by atoms with Gasteiger partial charge in [-0.3, -0.25) is 14.7 Å².